The largest absolute Gasteiger partial charge is 0.478 e. The molecule has 15 heavy (non-hydrogen) atoms. The number of rotatable bonds is 2. The monoisotopic (exact) mass is 218 g/mol. The van der Waals surface area contributed by atoms with Gasteiger partial charge in [0, 0.05) is 0 Å². The molecule has 0 bridgehead atoms. The zero-order valence-corrected chi connectivity index (χ0v) is 7.93. The molecule has 1 aromatic rings. The first-order chi connectivity index (χ1) is 6.86. The summed E-state index contributed by atoms with van der Waals surface area (Å²) in [5.41, 5.74) is -1.33. The summed E-state index contributed by atoms with van der Waals surface area (Å²) in [5.74, 6) is -1.56. The first kappa shape index (κ1) is 11.6. The molecule has 1 aromatic carbocycles. The van der Waals surface area contributed by atoms with E-state index in [0.717, 1.165) is 12.1 Å². The third-order valence-electron chi connectivity index (χ3n) is 2.03. The lowest BCUT2D eigenvalue weighted by Gasteiger charge is -2.11. The summed E-state index contributed by atoms with van der Waals surface area (Å²) in [7, 11) is 0. The van der Waals surface area contributed by atoms with Gasteiger partial charge in [0.25, 0.3) is 0 Å². The number of hydrogen-bond donors (Lipinski definition) is 1. The first-order valence-electron chi connectivity index (χ1n) is 4.29. The van der Waals surface area contributed by atoms with Gasteiger partial charge in [0.15, 0.2) is 0 Å². The van der Waals surface area contributed by atoms with Gasteiger partial charge in [-0.25, -0.2) is 4.79 Å². The van der Waals surface area contributed by atoms with E-state index in [0.29, 0.717) is 12.0 Å². The topological polar surface area (TPSA) is 37.3 Å². The molecule has 0 radical (unpaired) electrons. The lowest BCUT2D eigenvalue weighted by Crippen LogP contribution is -2.13. The highest BCUT2D eigenvalue weighted by molar-refractivity contribution is 5.89. The van der Waals surface area contributed by atoms with Crippen molar-refractivity contribution >= 4 is 5.97 Å². The minimum absolute atomic E-state index is 0.434. The van der Waals surface area contributed by atoms with Crippen molar-refractivity contribution in [3.63, 3.8) is 0 Å². The second-order valence-electron chi connectivity index (χ2n) is 3.04. The van der Waals surface area contributed by atoms with Crippen LogP contribution in [-0.2, 0) is 12.6 Å². The average Bonchev–Trinajstić information content (AvgIpc) is 2.15. The third kappa shape index (κ3) is 2.49. The minimum Gasteiger partial charge on any atom is -0.478 e. The van der Waals surface area contributed by atoms with Crippen LogP contribution in [0, 0.1) is 0 Å². The Balaban J connectivity index is 3.36. The fraction of sp³-hybridized carbons (Fsp3) is 0.300. The summed E-state index contributed by atoms with van der Waals surface area (Å²) in [6, 6.07) is 3.26. The number of halogens is 3. The normalized spacial score (nSPS) is 11.5. The van der Waals surface area contributed by atoms with Crippen molar-refractivity contribution < 1.29 is 23.1 Å². The highest BCUT2D eigenvalue weighted by atomic mass is 19.4. The van der Waals surface area contributed by atoms with Crippen LogP contribution in [0.3, 0.4) is 0 Å². The predicted molar refractivity (Wildman–Crippen MR) is 47.8 cm³/mol. The maximum atomic E-state index is 12.5. The van der Waals surface area contributed by atoms with Crippen molar-refractivity contribution in [3.8, 4) is 0 Å². The van der Waals surface area contributed by atoms with Crippen molar-refractivity contribution in [1.29, 1.82) is 0 Å². The van der Waals surface area contributed by atoms with Gasteiger partial charge in [0.2, 0.25) is 0 Å². The van der Waals surface area contributed by atoms with Gasteiger partial charge in [0.05, 0.1) is 11.1 Å². The molecular weight excluding hydrogens is 209 g/mol. The number of benzene rings is 1. The van der Waals surface area contributed by atoms with E-state index in [4.69, 9.17) is 5.11 Å². The Bertz CT molecular complexity index is 383. The molecule has 0 unspecified atom stereocenters. The van der Waals surface area contributed by atoms with E-state index in [2.05, 4.69) is 0 Å². The number of carboxylic acids is 1. The van der Waals surface area contributed by atoms with E-state index < -0.39 is 23.3 Å². The zero-order chi connectivity index (χ0) is 11.6. The predicted octanol–water partition coefficient (Wildman–Crippen LogP) is 2.97. The molecule has 0 saturated heterocycles. The number of carboxylic acid groups (broad SMARTS) is 1. The van der Waals surface area contributed by atoms with E-state index in [1.807, 2.05) is 0 Å². The van der Waals surface area contributed by atoms with E-state index in [1.165, 1.54) is 6.07 Å². The molecule has 2 nitrogen and oxygen atoms in total. The summed E-state index contributed by atoms with van der Waals surface area (Å²) in [6.45, 7) is 1.70. The van der Waals surface area contributed by atoms with Crippen LogP contribution in [0.5, 0.6) is 0 Å². The number of hydrogen-bond acceptors (Lipinski definition) is 1. The first-order valence-corrected chi connectivity index (χ1v) is 4.29. The van der Waals surface area contributed by atoms with Gasteiger partial charge < -0.3 is 5.11 Å². The quantitative estimate of drug-likeness (QED) is 0.828. The fourth-order valence-corrected chi connectivity index (χ4v) is 1.23. The lowest BCUT2D eigenvalue weighted by molar-refractivity contribution is -0.138. The van der Waals surface area contributed by atoms with Crippen LogP contribution >= 0.6 is 0 Å². The molecule has 1 rings (SSSR count). The molecule has 0 aromatic heterocycles. The van der Waals surface area contributed by atoms with E-state index in [-0.39, 0.29) is 0 Å². The molecule has 0 amide bonds. The standard InChI is InChI=1S/C10H9F3O2/c1-2-6-3-4-7(9(14)15)8(5-6)10(11,12)13/h3-5H,2H2,1H3,(H,14,15). The molecule has 1 N–H and O–H groups in total. The van der Waals surface area contributed by atoms with Crippen LogP contribution in [0.25, 0.3) is 0 Å². The lowest BCUT2D eigenvalue weighted by atomic mass is 10.0. The van der Waals surface area contributed by atoms with Crippen LogP contribution in [0.1, 0.15) is 28.4 Å². The van der Waals surface area contributed by atoms with E-state index >= 15 is 0 Å². The summed E-state index contributed by atoms with van der Waals surface area (Å²) >= 11 is 0. The van der Waals surface area contributed by atoms with E-state index in [1.54, 1.807) is 6.92 Å². The fourth-order valence-electron chi connectivity index (χ4n) is 1.23. The van der Waals surface area contributed by atoms with Gasteiger partial charge in [-0.05, 0) is 24.1 Å². The smallest absolute Gasteiger partial charge is 0.417 e. The Morgan fingerprint density at radius 1 is 1.40 bits per heavy atom. The number of carbonyl (C=O) groups is 1. The molecule has 0 fully saturated rings. The third-order valence-corrected chi connectivity index (χ3v) is 2.03. The van der Waals surface area contributed by atoms with Gasteiger partial charge in [-0.3, -0.25) is 0 Å². The van der Waals surface area contributed by atoms with Gasteiger partial charge in [-0.2, -0.15) is 13.2 Å². The minimum atomic E-state index is -4.63. The Kier molecular flexibility index (Phi) is 3.02. The molecule has 82 valence electrons. The van der Waals surface area contributed by atoms with Crippen LogP contribution in [0.2, 0.25) is 0 Å². The van der Waals surface area contributed by atoms with Crippen LogP contribution < -0.4 is 0 Å². The van der Waals surface area contributed by atoms with Crippen molar-refractivity contribution in [2.45, 2.75) is 19.5 Å². The zero-order valence-electron chi connectivity index (χ0n) is 7.93. The molecule has 0 heterocycles. The highest BCUT2D eigenvalue weighted by Crippen LogP contribution is 2.32. The second kappa shape index (κ2) is 3.92. The molecule has 5 heteroatoms. The van der Waals surface area contributed by atoms with Crippen molar-refractivity contribution in [1.82, 2.24) is 0 Å². The summed E-state index contributed by atoms with van der Waals surface area (Å²) < 4.78 is 37.4. The number of alkyl halides is 3. The number of aromatic carboxylic acids is 1. The van der Waals surface area contributed by atoms with Crippen molar-refractivity contribution in [3.05, 3.63) is 34.9 Å². The molecule has 0 atom stereocenters. The van der Waals surface area contributed by atoms with Gasteiger partial charge in [0.1, 0.15) is 0 Å². The number of aryl methyl sites for hydroxylation is 1. The van der Waals surface area contributed by atoms with E-state index in [9.17, 15) is 18.0 Å². The summed E-state index contributed by atoms with van der Waals surface area (Å²) in [4.78, 5) is 10.6. The van der Waals surface area contributed by atoms with Crippen molar-refractivity contribution in [2.24, 2.45) is 0 Å². The Morgan fingerprint density at radius 3 is 2.40 bits per heavy atom. The molecule has 0 aliphatic heterocycles. The molecule has 0 aliphatic carbocycles. The average molecular weight is 218 g/mol. The van der Waals surface area contributed by atoms with Crippen molar-refractivity contribution in [2.75, 3.05) is 0 Å². The highest BCUT2D eigenvalue weighted by Gasteiger charge is 2.35. The van der Waals surface area contributed by atoms with Gasteiger partial charge >= 0.3 is 12.1 Å². The second-order valence-corrected chi connectivity index (χ2v) is 3.04. The van der Waals surface area contributed by atoms with Crippen LogP contribution in [-0.4, -0.2) is 11.1 Å². The SMILES string of the molecule is CCc1ccc(C(=O)O)c(C(F)(F)F)c1. The molecule has 0 aliphatic rings. The maximum absolute atomic E-state index is 12.5. The summed E-state index contributed by atoms with van der Waals surface area (Å²) in [5, 5.41) is 8.59. The molecular formula is C10H9F3O2. The Hall–Kier alpha value is -1.52. The summed E-state index contributed by atoms with van der Waals surface area (Å²) in [6.07, 6.45) is -4.19. The molecule has 0 spiro atoms. The molecule has 0 saturated carbocycles. The maximum Gasteiger partial charge on any atom is 0.417 e. The van der Waals surface area contributed by atoms with Gasteiger partial charge in [-0.15, -0.1) is 0 Å². The Labute approximate surface area is 84.3 Å². The van der Waals surface area contributed by atoms with Crippen LogP contribution in [0.4, 0.5) is 13.2 Å². The Morgan fingerprint density at radius 2 is 2.00 bits per heavy atom. The van der Waals surface area contributed by atoms with Gasteiger partial charge in [-0.1, -0.05) is 13.0 Å². The van der Waals surface area contributed by atoms with Crippen LogP contribution in [0.15, 0.2) is 18.2 Å².